The molecular weight excluding hydrogens is 490 g/mol. The van der Waals surface area contributed by atoms with E-state index in [2.05, 4.69) is 39.5 Å². The van der Waals surface area contributed by atoms with Crippen LogP contribution in [0.5, 0.6) is 0 Å². The Kier molecular flexibility index (Phi) is 6.64. The van der Waals surface area contributed by atoms with Crippen molar-refractivity contribution in [3.05, 3.63) is 90.6 Å². The molecule has 4 heterocycles. The molecule has 0 spiro atoms. The highest BCUT2D eigenvalue weighted by Gasteiger charge is 2.22. The SMILES string of the molecule is Nc1ncccc1-c1nc2ccc(-c3ccccc3)nc2n1-c1ccc(CN2CCCC(NC(=O)O)C2)cc1. The molecule has 9 heteroatoms. The zero-order valence-electron chi connectivity index (χ0n) is 21.4. The van der Waals surface area contributed by atoms with E-state index < -0.39 is 6.09 Å². The first-order valence-corrected chi connectivity index (χ1v) is 13.0. The maximum absolute atomic E-state index is 11.1. The first-order chi connectivity index (χ1) is 19.0. The number of nitrogen functional groups attached to an aromatic ring is 1. The van der Waals surface area contributed by atoms with Crippen molar-refractivity contribution in [1.29, 1.82) is 0 Å². The van der Waals surface area contributed by atoms with E-state index >= 15 is 0 Å². The van der Waals surface area contributed by atoms with Crippen LogP contribution in [0, 0.1) is 0 Å². The number of carbonyl (C=O) groups is 1. The number of hydrogen-bond donors (Lipinski definition) is 3. The summed E-state index contributed by atoms with van der Waals surface area (Å²) in [6.07, 6.45) is 2.54. The molecule has 3 aromatic heterocycles. The highest BCUT2D eigenvalue weighted by Crippen LogP contribution is 2.32. The summed E-state index contributed by atoms with van der Waals surface area (Å²) in [7, 11) is 0. The van der Waals surface area contributed by atoms with E-state index in [-0.39, 0.29) is 6.04 Å². The third-order valence-electron chi connectivity index (χ3n) is 7.09. The Balaban J connectivity index is 1.37. The van der Waals surface area contributed by atoms with Crippen LogP contribution in [0.3, 0.4) is 0 Å². The van der Waals surface area contributed by atoms with Gasteiger partial charge in [0.25, 0.3) is 0 Å². The minimum absolute atomic E-state index is 0.0368. The third-order valence-corrected chi connectivity index (χ3v) is 7.09. The summed E-state index contributed by atoms with van der Waals surface area (Å²) in [5.74, 6) is 1.09. The molecule has 1 saturated heterocycles. The van der Waals surface area contributed by atoms with E-state index in [4.69, 9.17) is 20.8 Å². The summed E-state index contributed by atoms with van der Waals surface area (Å²) in [6, 6.07) is 26.1. The number of nitrogens with zero attached hydrogens (tertiary/aromatic N) is 5. The number of anilines is 1. The van der Waals surface area contributed by atoms with Gasteiger partial charge in [0.15, 0.2) is 11.5 Å². The Labute approximate surface area is 226 Å². The van der Waals surface area contributed by atoms with Crippen molar-refractivity contribution in [3.8, 4) is 28.3 Å². The molecule has 1 atom stereocenters. The number of hydrogen-bond acceptors (Lipinski definition) is 6. The average Bonchev–Trinajstić information content (AvgIpc) is 3.32. The van der Waals surface area contributed by atoms with Crippen molar-refractivity contribution in [3.63, 3.8) is 0 Å². The van der Waals surface area contributed by atoms with Crippen molar-refractivity contribution in [2.24, 2.45) is 0 Å². The largest absolute Gasteiger partial charge is 0.465 e. The van der Waals surface area contributed by atoms with Gasteiger partial charge in [0.05, 0.1) is 11.3 Å². The van der Waals surface area contributed by atoms with Gasteiger partial charge in [0, 0.05) is 36.6 Å². The van der Waals surface area contributed by atoms with Gasteiger partial charge in [0.1, 0.15) is 11.3 Å². The van der Waals surface area contributed by atoms with E-state index in [1.54, 1.807) is 6.20 Å². The molecule has 0 radical (unpaired) electrons. The minimum atomic E-state index is -0.965. The molecule has 1 aliphatic rings. The van der Waals surface area contributed by atoms with Gasteiger partial charge in [-0.2, -0.15) is 0 Å². The molecule has 2 aromatic carbocycles. The summed E-state index contributed by atoms with van der Waals surface area (Å²) in [4.78, 5) is 27.6. The Morgan fingerprint density at radius 2 is 1.82 bits per heavy atom. The molecule has 5 aromatic rings. The molecule has 0 saturated carbocycles. The maximum Gasteiger partial charge on any atom is 0.404 e. The number of nitrogens with two attached hydrogens (primary N) is 1. The molecule has 1 fully saturated rings. The fourth-order valence-corrected chi connectivity index (χ4v) is 5.26. The Morgan fingerprint density at radius 3 is 2.59 bits per heavy atom. The molecule has 1 amide bonds. The van der Waals surface area contributed by atoms with Gasteiger partial charge in [-0.1, -0.05) is 42.5 Å². The lowest BCUT2D eigenvalue weighted by atomic mass is 10.0. The molecular formula is C30H29N7O2. The Hall–Kier alpha value is -4.76. The summed E-state index contributed by atoms with van der Waals surface area (Å²) < 4.78 is 2.03. The van der Waals surface area contributed by atoms with Crippen molar-refractivity contribution in [2.45, 2.75) is 25.4 Å². The van der Waals surface area contributed by atoms with Crippen LogP contribution in [0.25, 0.3) is 39.5 Å². The Morgan fingerprint density at radius 1 is 1.00 bits per heavy atom. The number of pyridine rings is 2. The number of amides is 1. The lowest BCUT2D eigenvalue weighted by molar-refractivity contribution is 0.160. The molecule has 4 N–H and O–H groups in total. The minimum Gasteiger partial charge on any atom is -0.465 e. The highest BCUT2D eigenvalue weighted by atomic mass is 16.4. The van der Waals surface area contributed by atoms with Gasteiger partial charge in [-0.3, -0.25) is 9.47 Å². The fraction of sp³-hybridized carbons (Fsp3) is 0.200. The molecule has 1 unspecified atom stereocenters. The number of nitrogens with one attached hydrogen (secondary N) is 1. The standard InChI is InChI=1S/C30H29N7O2/c31-27-24(9-4-16-32-27)28-35-26-15-14-25(21-6-2-1-3-7-21)34-29(26)37(28)23-12-10-20(11-13-23)18-36-17-5-8-22(19-36)33-30(38)39/h1-4,6-7,9-16,22,33H,5,8,17-19H2,(H2,31,32)(H,38,39). The summed E-state index contributed by atoms with van der Waals surface area (Å²) in [6.45, 7) is 2.40. The molecule has 39 heavy (non-hydrogen) atoms. The van der Waals surface area contributed by atoms with Crippen LogP contribution < -0.4 is 11.1 Å². The number of benzene rings is 2. The van der Waals surface area contributed by atoms with Crippen LogP contribution in [-0.2, 0) is 6.54 Å². The molecule has 0 bridgehead atoms. The van der Waals surface area contributed by atoms with Crippen LogP contribution in [-0.4, -0.2) is 54.8 Å². The second kappa shape index (κ2) is 10.5. The first kappa shape index (κ1) is 24.6. The van der Waals surface area contributed by atoms with E-state index in [0.29, 0.717) is 18.2 Å². The third kappa shape index (κ3) is 5.17. The first-order valence-electron chi connectivity index (χ1n) is 13.0. The molecule has 6 rings (SSSR count). The lowest BCUT2D eigenvalue weighted by Gasteiger charge is -2.32. The smallest absolute Gasteiger partial charge is 0.404 e. The number of fused-ring (bicyclic) bond motifs is 1. The van der Waals surface area contributed by atoms with Crippen molar-refractivity contribution in [1.82, 2.24) is 29.7 Å². The second-order valence-corrected chi connectivity index (χ2v) is 9.80. The zero-order chi connectivity index (χ0) is 26.8. The van der Waals surface area contributed by atoms with Crippen LogP contribution in [0.4, 0.5) is 10.6 Å². The van der Waals surface area contributed by atoms with Crippen molar-refractivity contribution >= 4 is 23.1 Å². The van der Waals surface area contributed by atoms with Gasteiger partial charge in [0.2, 0.25) is 0 Å². The van der Waals surface area contributed by atoms with Crippen LogP contribution in [0.1, 0.15) is 18.4 Å². The topological polar surface area (TPSA) is 122 Å². The van der Waals surface area contributed by atoms with E-state index in [1.165, 1.54) is 0 Å². The summed E-state index contributed by atoms with van der Waals surface area (Å²) in [5, 5.41) is 11.7. The monoisotopic (exact) mass is 519 g/mol. The number of imidazole rings is 1. The van der Waals surface area contributed by atoms with E-state index in [1.807, 2.05) is 59.2 Å². The number of carboxylic acid groups (broad SMARTS) is 1. The van der Waals surface area contributed by atoms with Crippen molar-refractivity contribution < 1.29 is 9.90 Å². The second-order valence-electron chi connectivity index (χ2n) is 9.80. The normalized spacial score (nSPS) is 15.8. The summed E-state index contributed by atoms with van der Waals surface area (Å²) >= 11 is 0. The molecule has 1 aliphatic heterocycles. The van der Waals surface area contributed by atoms with Crippen LogP contribution in [0.2, 0.25) is 0 Å². The number of likely N-dealkylation sites (tertiary alicyclic amines) is 1. The van der Waals surface area contributed by atoms with Crippen LogP contribution in [0.15, 0.2) is 85.1 Å². The van der Waals surface area contributed by atoms with Gasteiger partial charge >= 0.3 is 6.09 Å². The summed E-state index contributed by atoms with van der Waals surface area (Å²) in [5.41, 5.74) is 12.5. The van der Waals surface area contributed by atoms with Gasteiger partial charge in [-0.05, 0) is 61.3 Å². The number of rotatable bonds is 6. The quantitative estimate of drug-likeness (QED) is 0.290. The van der Waals surface area contributed by atoms with E-state index in [9.17, 15) is 4.79 Å². The average molecular weight is 520 g/mol. The molecule has 196 valence electrons. The zero-order valence-corrected chi connectivity index (χ0v) is 21.4. The van der Waals surface area contributed by atoms with Gasteiger partial charge in [-0.25, -0.2) is 19.7 Å². The predicted octanol–water partition coefficient (Wildman–Crippen LogP) is 4.96. The molecule has 0 aliphatic carbocycles. The highest BCUT2D eigenvalue weighted by molar-refractivity contribution is 5.84. The maximum atomic E-state index is 11.1. The predicted molar refractivity (Wildman–Crippen MR) is 151 cm³/mol. The van der Waals surface area contributed by atoms with Crippen molar-refractivity contribution in [2.75, 3.05) is 18.8 Å². The van der Waals surface area contributed by atoms with Gasteiger partial charge in [-0.15, -0.1) is 0 Å². The van der Waals surface area contributed by atoms with Gasteiger partial charge < -0.3 is 16.2 Å². The number of piperidine rings is 1. The number of aromatic nitrogens is 4. The Bertz CT molecular complexity index is 1620. The molecule has 9 nitrogen and oxygen atoms in total. The van der Waals surface area contributed by atoms with Crippen LogP contribution >= 0.6 is 0 Å². The van der Waals surface area contributed by atoms with E-state index in [0.717, 1.165) is 65.2 Å². The fourth-order valence-electron chi connectivity index (χ4n) is 5.26. The lowest BCUT2D eigenvalue weighted by Crippen LogP contribution is -2.46.